The van der Waals surface area contributed by atoms with E-state index in [2.05, 4.69) is 5.32 Å². The first-order valence-electron chi connectivity index (χ1n) is 7.71. The molecule has 0 radical (unpaired) electrons. The van der Waals surface area contributed by atoms with Crippen molar-refractivity contribution in [2.75, 3.05) is 0 Å². The van der Waals surface area contributed by atoms with E-state index in [1.165, 1.54) is 0 Å². The van der Waals surface area contributed by atoms with Gasteiger partial charge in [-0.05, 0) is 36.6 Å². The van der Waals surface area contributed by atoms with Gasteiger partial charge >= 0.3 is 5.97 Å². The zero-order chi connectivity index (χ0) is 16.7. The number of carbonyl (C=O) groups excluding carboxylic acids is 2. The van der Waals surface area contributed by atoms with Crippen LogP contribution in [0, 0.1) is 0 Å². The van der Waals surface area contributed by atoms with Gasteiger partial charge in [0.2, 0.25) is 0 Å². The van der Waals surface area contributed by atoms with Gasteiger partial charge < -0.3 is 10.1 Å². The van der Waals surface area contributed by atoms with Gasteiger partial charge in [-0.25, -0.2) is 4.79 Å². The first kappa shape index (κ1) is 16.7. The Kier molecular flexibility index (Phi) is 5.92. The summed E-state index contributed by atoms with van der Waals surface area (Å²) in [6.45, 7) is 4.03. The lowest BCUT2D eigenvalue weighted by Gasteiger charge is -2.13. The number of aryl methyl sites for hydroxylation is 1. The number of amides is 1. The number of esters is 1. The van der Waals surface area contributed by atoms with Gasteiger partial charge in [0.25, 0.3) is 5.91 Å². The minimum absolute atomic E-state index is 0.313. The Morgan fingerprint density at radius 3 is 2.26 bits per heavy atom. The van der Waals surface area contributed by atoms with Crippen LogP contribution < -0.4 is 5.32 Å². The molecule has 0 aliphatic rings. The second kappa shape index (κ2) is 8.13. The molecule has 1 amide bonds. The van der Waals surface area contributed by atoms with Gasteiger partial charge in [0.05, 0.1) is 5.56 Å². The fraction of sp³-hybridized carbons (Fsp3) is 0.263. The van der Waals surface area contributed by atoms with Crippen LogP contribution in [0.4, 0.5) is 0 Å². The second-order valence-electron chi connectivity index (χ2n) is 5.30. The Morgan fingerprint density at radius 2 is 1.65 bits per heavy atom. The topological polar surface area (TPSA) is 55.4 Å². The molecular weight excluding hydrogens is 290 g/mol. The van der Waals surface area contributed by atoms with Crippen LogP contribution in [0.3, 0.4) is 0 Å². The standard InChI is InChI=1S/C19H21NO3/c1-3-15-9-11-17(12-10-15)19(22)23-14(2)18(21)20-13-16-7-5-4-6-8-16/h4-12,14H,3,13H2,1-2H3,(H,20,21). The van der Waals surface area contributed by atoms with E-state index >= 15 is 0 Å². The van der Waals surface area contributed by atoms with Crippen molar-refractivity contribution in [2.45, 2.75) is 32.9 Å². The van der Waals surface area contributed by atoms with Crippen molar-refractivity contribution in [1.82, 2.24) is 5.32 Å². The van der Waals surface area contributed by atoms with Crippen molar-refractivity contribution in [3.63, 3.8) is 0 Å². The van der Waals surface area contributed by atoms with E-state index in [1.54, 1.807) is 19.1 Å². The van der Waals surface area contributed by atoms with Crippen molar-refractivity contribution in [3.05, 3.63) is 71.3 Å². The van der Waals surface area contributed by atoms with Gasteiger partial charge in [0, 0.05) is 6.54 Å². The lowest BCUT2D eigenvalue weighted by atomic mass is 10.1. The van der Waals surface area contributed by atoms with Gasteiger partial charge in [-0.15, -0.1) is 0 Å². The lowest BCUT2D eigenvalue weighted by molar-refractivity contribution is -0.129. The molecule has 4 nitrogen and oxygen atoms in total. The van der Waals surface area contributed by atoms with Crippen molar-refractivity contribution in [3.8, 4) is 0 Å². The predicted molar refractivity (Wildman–Crippen MR) is 89.0 cm³/mol. The summed E-state index contributed by atoms with van der Waals surface area (Å²) < 4.78 is 5.21. The maximum Gasteiger partial charge on any atom is 0.338 e. The molecule has 0 saturated heterocycles. The molecule has 0 aliphatic heterocycles. The molecule has 0 aliphatic carbocycles. The third-order valence-electron chi connectivity index (χ3n) is 3.56. The summed E-state index contributed by atoms with van der Waals surface area (Å²) in [5, 5.41) is 2.76. The van der Waals surface area contributed by atoms with Gasteiger partial charge in [0.1, 0.15) is 0 Å². The van der Waals surface area contributed by atoms with Gasteiger partial charge in [-0.2, -0.15) is 0 Å². The first-order chi connectivity index (χ1) is 11.1. The van der Waals surface area contributed by atoms with E-state index in [0.29, 0.717) is 12.1 Å². The fourth-order valence-electron chi connectivity index (χ4n) is 2.09. The largest absolute Gasteiger partial charge is 0.449 e. The maximum absolute atomic E-state index is 12.0. The summed E-state index contributed by atoms with van der Waals surface area (Å²) in [4.78, 5) is 24.0. The first-order valence-corrected chi connectivity index (χ1v) is 7.71. The number of ether oxygens (including phenoxy) is 1. The Balaban J connectivity index is 1.85. The van der Waals surface area contributed by atoms with Crippen LogP contribution >= 0.6 is 0 Å². The molecule has 2 rings (SSSR count). The van der Waals surface area contributed by atoms with Crippen LogP contribution in [0.25, 0.3) is 0 Å². The average Bonchev–Trinajstić information content (AvgIpc) is 2.60. The van der Waals surface area contributed by atoms with Crippen LogP contribution in [-0.2, 0) is 22.5 Å². The Bertz CT molecular complexity index is 650. The number of rotatable bonds is 6. The van der Waals surface area contributed by atoms with Crippen LogP contribution in [0.1, 0.15) is 35.3 Å². The molecule has 1 atom stereocenters. The maximum atomic E-state index is 12.0. The number of benzene rings is 2. The molecule has 1 N–H and O–H groups in total. The molecule has 4 heteroatoms. The van der Waals surface area contributed by atoms with Crippen LogP contribution in [0.5, 0.6) is 0 Å². The molecule has 0 heterocycles. The normalized spacial score (nSPS) is 11.6. The lowest BCUT2D eigenvalue weighted by Crippen LogP contribution is -2.35. The molecular formula is C19H21NO3. The van der Waals surface area contributed by atoms with Gasteiger partial charge in [-0.3, -0.25) is 4.79 Å². The summed E-state index contributed by atoms with van der Waals surface area (Å²) in [5.41, 5.74) is 2.59. The van der Waals surface area contributed by atoms with E-state index in [4.69, 9.17) is 4.74 Å². The van der Waals surface area contributed by atoms with Crippen molar-refractivity contribution >= 4 is 11.9 Å². The molecule has 2 aromatic carbocycles. The van der Waals surface area contributed by atoms with Gasteiger partial charge in [0.15, 0.2) is 6.10 Å². The molecule has 0 spiro atoms. The smallest absolute Gasteiger partial charge is 0.338 e. The summed E-state index contributed by atoms with van der Waals surface area (Å²) in [6, 6.07) is 16.8. The molecule has 0 fully saturated rings. The highest BCUT2D eigenvalue weighted by molar-refractivity contribution is 5.92. The zero-order valence-corrected chi connectivity index (χ0v) is 13.4. The van der Waals surface area contributed by atoms with Crippen molar-refractivity contribution < 1.29 is 14.3 Å². The highest BCUT2D eigenvalue weighted by Gasteiger charge is 2.18. The summed E-state index contributed by atoms with van der Waals surface area (Å²) in [6.07, 6.45) is 0.0743. The average molecular weight is 311 g/mol. The van der Waals surface area contributed by atoms with Gasteiger partial charge in [-0.1, -0.05) is 49.4 Å². The number of hydrogen-bond donors (Lipinski definition) is 1. The van der Waals surface area contributed by atoms with E-state index in [1.807, 2.05) is 49.4 Å². The third-order valence-corrected chi connectivity index (χ3v) is 3.56. The van der Waals surface area contributed by atoms with Crippen molar-refractivity contribution in [1.29, 1.82) is 0 Å². The molecule has 0 saturated carbocycles. The molecule has 23 heavy (non-hydrogen) atoms. The Labute approximate surface area is 136 Å². The van der Waals surface area contributed by atoms with E-state index in [-0.39, 0.29) is 5.91 Å². The number of hydrogen-bond acceptors (Lipinski definition) is 3. The monoisotopic (exact) mass is 311 g/mol. The Hall–Kier alpha value is -2.62. The quantitative estimate of drug-likeness (QED) is 0.834. The minimum Gasteiger partial charge on any atom is -0.449 e. The summed E-state index contributed by atoms with van der Waals surface area (Å²) in [5.74, 6) is -0.803. The number of carbonyl (C=O) groups is 2. The SMILES string of the molecule is CCc1ccc(C(=O)OC(C)C(=O)NCc2ccccc2)cc1. The van der Waals surface area contributed by atoms with E-state index < -0.39 is 12.1 Å². The fourth-order valence-corrected chi connectivity index (χ4v) is 2.09. The molecule has 0 aromatic heterocycles. The second-order valence-corrected chi connectivity index (χ2v) is 5.30. The highest BCUT2D eigenvalue weighted by Crippen LogP contribution is 2.08. The van der Waals surface area contributed by atoms with Crippen LogP contribution in [-0.4, -0.2) is 18.0 Å². The molecule has 120 valence electrons. The Morgan fingerprint density at radius 1 is 1.00 bits per heavy atom. The summed E-state index contributed by atoms with van der Waals surface area (Å²) in [7, 11) is 0. The molecule has 0 bridgehead atoms. The predicted octanol–water partition coefficient (Wildman–Crippen LogP) is 3.11. The van der Waals surface area contributed by atoms with Crippen LogP contribution in [0.2, 0.25) is 0 Å². The molecule has 2 aromatic rings. The van der Waals surface area contributed by atoms with E-state index in [9.17, 15) is 9.59 Å². The van der Waals surface area contributed by atoms with Crippen molar-refractivity contribution in [2.24, 2.45) is 0 Å². The van der Waals surface area contributed by atoms with Crippen LogP contribution in [0.15, 0.2) is 54.6 Å². The number of nitrogens with one attached hydrogen (secondary N) is 1. The third kappa shape index (κ3) is 4.95. The highest BCUT2D eigenvalue weighted by atomic mass is 16.5. The molecule has 1 unspecified atom stereocenters. The van der Waals surface area contributed by atoms with E-state index in [0.717, 1.165) is 17.5 Å². The zero-order valence-electron chi connectivity index (χ0n) is 13.4. The summed E-state index contributed by atoms with van der Waals surface area (Å²) >= 11 is 0. The minimum atomic E-state index is -0.836.